The van der Waals surface area contributed by atoms with E-state index in [1.54, 1.807) is 0 Å². The van der Waals surface area contributed by atoms with Gasteiger partial charge in [-0.15, -0.1) is 5.06 Å². The smallest absolute Gasteiger partial charge is 0.225 e. The summed E-state index contributed by atoms with van der Waals surface area (Å²) >= 11 is 0. The molecule has 0 aromatic heterocycles. The zero-order valence-corrected chi connectivity index (χ0v) is 12.7. The van der Waals surface area contributed by atoms with E-state index in [-0.39, 0.29) is 6.17 Å². The van der Waals surface area contributed by atoms with Crippen LogP contribution in [0.3, 0.4) is 0 Å². The third kappa shape index (κ3) is 3.38. The molecule has 110 valence electrons. The van der Waals surface area contributed by atoms with E-state index in [0.717, 1.165) is 25.4 Å². The quantitative estimate of drug-likeness (QED) is 0.831. The Balaban J connectivity index is 2.16. The largest absolute Gasteiger partial charge is 0.387 e. The van der Waals surface area contributed by atoms with Gasteiger partial charge in [-0.05, 0) is 25.5 Å². The van der Waals surface area contributed by atoms with E-state index >= 15 is 0 Å². The number of nitrogens with zero attached hydrogens (tertiary/aromatic N) is 2. The molecule has 0 fully saturated rings. The minimum absolute atomic E-state index is 0.0843. The van der Waals surface area contributed by atoms with Gasteiger partial charge in [-0.1, -0.05) is 44.2 Å². The number of aliphatic imine (C=N–C) groups is 1. The number of hydrogen-bond acceptors (Lipinski definition) is 4. The minimum Gasteiger partial charge on any atom is -0.387 e. The van der Waals surface area contributed by atoms with Gasteiger partial charge in [-0.2, -0.15) is 0 Å². The molecule has 1 aliphatic rings. The van der Waals surface area contributed by atoms with Crippen molar-refractivity contribution in [1.82, 2.24) is 10.4 Å². The Morgan fingerprint density at radius 2 is 2.00 bits per heavy atom. The fourth-order valence-corrected chi connectivity index (χ4v) is 2.60. The summed E-state index contributed by atoms with van der Waals surface area (Å²) < 4.78 is 0. The third-order valence-electron chi connectivity index (χ3n) is 3.66. The van der Waals surface area contributed by atoms with E-state index in [9.17, 15) is 0 Å². The van der Waals surface area contributed by atoms with Crippen LogP contribution in [0, 0.1) is 0 Å². The lowest BCUT2D eigenvalue weighted by atomic mass is 9.93. The highest BCUT2D eigenvalue weighted by Crippen LogP contribution is 2.30. The van der Waals surface area contributed by atoms with Gasteiger partial charge in [0.15, 0.2) is 0 Å². The molecule has 1 aromatic carbocycles. The maximum atomic E-state index is 5.85. The molecule has 0 amide bonds. The second-order valence-electron chi connectivity index (χ2n) is 4.97. The van der Waals surface area contributed by atoms with Crippen molar-refractivity contribution in [1.29, 1.82) is 0 Å². The summed E-state index contributed by atoms with van der Waals surface area (Å²) in [5.74, 6) is 1.17. The number of nitrogens with one attached hydrogen (secondary N) is 1. The van der Waals surface area contributed by atoms with Crippen molar-refractivity contribution in [2.45, 2.75) is 39.3 Å². The Hall–Kier alpha value is -1.39. The highest BCUT2D eigenvalue weighted by atomic mass is 16.7. The van der Waals surface area contributed by atoms with Gasteiger partial charge in [0, 0.05) is 12.5 Å². The van der Waals surface area contributed by atoms with Crippen molar-refractivity contribution in [3.63, 3.8) is 0 Å². The summed E-state index contributed by atoms with van der Waals surface area (Å²) in [5.41, 5.74) is 1.33. The van der Waals surface area contributed by atoms with Gasteiger partial charge in [-0.3, -0.25) is 0 Å². The molecule has 4 heteroatoms. The lowest BCUT2D eigenvalue weighted by Gasteiger charge is -2.26. The standard InChI is InChI=1S/C16H25N3O/c1-4-14(13-10-8-7-9-11-13)16-18-15(12-17-5-2)20-19(16)6-3/h7-11,14,16-17H,4-6,12H2,1-3H3/t14-,16-/m0/s1. The van der Waals surface area contributed by atoms with Gasteiger partial charge in [0.25, 0.3) is 0 Å². The maximum absolute atomic E-state index is 5.85. The van der Waals surface area contributed by atoms with Crippen LogP contribution in [0.4, 0.5) is 0 Å². The molecule has 1 heterocycles. The molecule has 2 atom stereocenters. The average molecular weight is 275 g/mol. The monoisotopic (exact) mass is 275 g/mol. The lowest BCUT2D eigenvalue weighted by Crippen LogP contribution is -2.34. The molecule has 0 saturated heterocycles. The second-order valence-corrected chi connectivity index (χ2v) is 4.97. The van der Waals surface area contributed by atoms with Crippen LogP contribution in [-0.4, -0.2) is 36.8 Å². The van der Waals surface area contributed by atoms with Gasteiger partial charge in [0.1, 0.15) is 6.17 Å². The van der Waals surface area contributed by atoms with Crippen molar-refractivity contribution in [2.75, 3.05) is 19.6 Å². The summed E-state index contributed by atoms with van der Waals surface area (Å²) in [6.07, 6.45) is 1.13. The minimum atomic E-state index is 0.0843. The van der Waals surface area contributed by atoms with Crippen LogP contribution in [-0.2, 0) is 4.84 Å². The summed E-state index contributed by atoms with van der Waals surface area (Å²) in [6, 6.07) is 10.6. The molecular formula is C16H25N3O. The average Bonchev–Trinajstić information content (AvgIpc) is 2.90. The summed E-state index contributed by atoms with van der Waals surface area (Å²) in [7, 11) is 0. The van der Waals surface area contributed by atoms with Crippen molar-refractivity contribution >= 4 is 5.90 Å². The molecule has 1 aliphatic heterocycles. The number of hydrogen-bond donors (Lipinski definition) is 1. The van der Waals surface area contributed by atoms with Crippen LogP contribution in [0.25, 0.3) is 0 Å². The first kappa shape index (κ1) is 15.0. The van der Waals surface area contributed by atoms with Crippen molar-refractivity contribution < 1.29 is 4.84 Å². The van der Waals surface area contributed by atoms with E-state index < -0.39 is 0 Å². The number of likely N-dealkylation sites (N-methyl/N-ethyl adjacent to an activating group) is 2. The molecule has 0 spiro atoms. The topological polar surface area (TPSA) is 36.9 Å². The zero-order valence-electron chi connectivity index (χ0n) is 12.7. The van der Waals surface area contributed by atoms with Crippen LogP contribution in [0.2, 0.25) is 0 Å². The van der Waals surface area contributed by atoms with Crippen molar-refractivity contribution in [3.8, 4) is 0 Å². The predicted molar refractivity (Wildman–Crippen MR) is 82.7 cm³/mol. The maximum Gasteiger partial charge on any atom is 0.225 e. The highest BCUT2D eigenvalue weighted by Gasteiger charge is 2.33. The summed E-state index contributed by atoms with van der Waals surface area (Å²) in [4.78, 5) is 10.6. The molecule has 0 saturated carbocycles. The van der Waals surface area contributed by atoms with Crippen LogP contribution in [0.5, 0.6) is 0 Å². The number of benzene rings is 1. The number of rotatable bonds is 7. The Morgan fingerprint density at radius 1 is 1.25 bits per heavy atom. The van der Waals surface area contributed by atoms with Crippen LogP contribution >= 0.6 is 0 Å². The summed E-state index contributed by atoms with van der Waals surface area (Å²) in [5, 5.41) is 5.26. The normalized spacial score (nSPS) is 20.6. The molecule has 0 radical (unpaired) electrons. The molecule has 2 rings (SSSR count). The van der Waals surface area contributed by atoms with Crippen molar-refractivity contribution in [3.05, 3.63) is 35.9 Å². The Labute approximate surface area is 121 Å². The first-order chi connectivity index (χ1) is 9.80. The van der Waals surface area contributed by atoms with E-state index in [0.29, 0.717) is 12.5 Å². The number of hydroxylamine groups is 2. The second kappa shape index (κ2) is 7.41. The third-order valence-corrected chi connectivity index (χ3v) is 3.66. The molecule has 1 N–H and O–H groups in total. The van der Waals surface area contributed by atoms with E-state index in [1.165, 1.54) is 5.56 Å². The predicted octanol–water partition coefficient (Wildman–Crippen LogP) is 2.78. The Bertz CT molecular complexity index is 433. The fraction of sp³-hybridized carbons (Fsp3) is 0.562. The van der Waals surface area contributed by atoms with Crippen LogP contribution in [0.1, 0.15) is 38.7 Å². The molecule has 0 aliphatic carbocycles. The molecule has 4 nitrogen and oxygen atoms in total. The zero-order chi connectivity index (χ0) is 14.4. The first-order valence-corrected chi connectivity index (χ1v) is 7.57. The van der Waals surface area contributed by atoms with Gasteiger partial charge >= 0.3 is 0 Å². The summed E-state index contributed by atoms with van der Waals surface area (Å²) in [6.45, 7) is 8.88. The van der Waals surface area contributed by atoms with E-state index in [4.69, 9.17) is 9.83 Å². The van der Waals surface area contributed by atoms with Gasteiger partial charge in [-0.25, -0.2) is 4.99 Å². The highest BCUT2D eigenvalue weighted by molar-refractivity contribution is 5.79. The Morgan fingerprint density at radius 3 is 2.60 bits per heavy atom. The van der Waals surface area contributed by atoms with Crippen LogP contribution in [0.15, 0.2) is 35.3 Å². The van der Waals surface area contributed by atoms with E-state index in [1.807, 2.05) is 5.06 Å². The van der Waals surface area contributed by atoms with Gasteiger partial charge < -0.3 is 10.2 Å². The SMILES string of the molecule is CCNCC1=N[C@H]([C@@H](CC)c2ccccc2)N(CC)O1. The van der Waals surface area contributed by atoms with E-state index in [2.05, 4.69) is 56.4 Å². The molecule has 20 heavy (non-hydrogen) atoms. The fourth-order valence-electron chi connectivity index (χ4n) is 2.60. The Kier molecular flexibility index (Phi) is 5.56. The lowest BCUT2D eigenvalue weighted by molar-refractivity contribution is -0.0869. The van der Waals surface area contributed by atoms with Gasteiger partial charge in [0.2, 0.25) is 5.90 Å². The molecular weight excluding hydrogens is 250 g/mol. The van der Waals surface area contributed by atoms with Crippen LogP contribution < -0.4 is 5.32 Å². The molecule has 1 aromatic rings. The molecule has 0 unspecified atom stereocenters. The van der Waals surface area contributed by atoms with Gasteiger partial charge in [0.05, 0.1) is 6.54 Å². The van der Waals surface area contributed by atoms with Crippen molar-refractivity contribution in [2.24, 2.45) is 4.99 Å². The first-order valence-electron chi connectivity index (χ1n) is 7.57. The molecule has 0 bridgehead atoms.